The Kier molecular flexibility index (Phi) is 16.5. The van der Waals surface area contributed by atoms with E-state index in [0.717, 1.165) is 70.1 Å². The van der Waals surface area contributed by atoms with Gasteiger partial charge in [0.05, 0.1) is 34.3 Å². The van der Waals surface area contributed by atoms with Gasteiger partial charge in [0.25, 0.3) is 5.91 Å². The van der Waals surface area contributed by atoms with Crippen molar-refractivity contribution in [3.05, 3.63) is 136 Å². The first-order chi connectivity index (χ1) is 34.6. The maximum atomic E-state index is 14.0. The molecule has 0 saturated carbocycles. The average Bonchev–Trinajstić information content (AvgIpc) is 4.02. The molecule has 0 radical (unpaired) electrons. The number of aryl methyl sites for hydroxylation is 2. The Bertz CT molecular complexity index is 2970. The SMILES string of the molecule is [C-]#[N+]c1ccc(N2C(=O)C(C)(C)N(c3ccc(C#Cc4ccc(CCCCCCC(=O)N[C@H](C(=O)N5C[C@H](O)C[C@H]5C(=O)NCc5ccc(-c6scnc6C)cc5)C(C)(C)C)nc4)cc3)C2=S)cc1C(F)(F)F. The number of β-amino-alcohol motifs (C(OH)–C–C–N with tert-alkyl or cyclic N) is 1. The molecule has 5 aromatic rings. The highest BCUT2D eigenvalue weighted by molar-refractivity contribution is 7.81. The lowest BCUT2D eigenvalue weighted by atomic mass is 9.85. The number of aliphatic hydroxyl groups excluding tert-OH is 1. The predicted octanol–water partition coefficient (Wildman–Crippen LogP) is 9.70. The Hall–Kier alpha value is -6.99. The zero-order valence-corrected chi connectivity index (χ0v) is 43.1. The van der Waals surface area contributed by atoms with E-state index < -0.39 is 58.4 Å². The third-order valence-corrected chi connectivity index (χ3v) is 14.3. The molecule has 73 heavy (non-hydrogen) atoms. The van der Waals surface area contributed by atoms with E-state index in [1.54, 1.807) is 60.5 Å². The summed E-state index contributed by atoms with van der Waals surface area (Å²) in [6, 6.07) is 20.0. The standard InChI is InChI=1S/C55H57F3N8O5S2/c1-34-47(73-33-62-34)38-21-16-37(17-22-38)31-61-49(69)45-29-42(67)32-64(45)50(70)48(53(2,3)4)63-46(68)13-11-9-8-10-12-39-23-18-36(30-60-39)15-14-35-19-24-40(25-20-35)66-52(72)65(51(71)54(66,5)6)41-26-27-44(59-7)43(28-41)55(56,57)58/h16-28,30,33,42,45,48,67H,8-13,29,31-32H2,1-6H3,(H,61,69)(H,63,68)/t42-,45+,48-/m1/s1. The summed E-state index contributed by atoms with van der Waals surface area (Å²) in [7, 11) is 0. The fraction of sp³-hybridized carbons (Fsp3) is 0.382. The topological polar surface area (TPSA) is 152 Å². The number of alkyl halides is 3. The number of rotatable bonds is 15. The first kappa shape index (κ1) is 53.8. The number of hydrogen-bond acceptors (Lipinski definition) is 9. The molecule has 3 atom stereocenters. The van der Waals surface area contributed by atoms with Crippen molar-refractivity contribution < 1.29 is 37.5 Å². The number of likely N-dealkylation sites (tertiary alicyclic amines) is 1. The number of amides is 4. The van der Waals surface area contributed by atoms with Crippen LogP contribution in [0.4, 0.5) is 30.2 Å². The second kappa shape index (κ2) is 22.4. The highest BCUT2D eigenvalue weighted by Gasteiger charge is 2.51. The van der Waals surface area contributed by atoms with Gasteiger partial charge in [-0.25, -0.2) is 9.83 Å². The zero-order valence-electron chi connectivity index (χ0n) is 41.5. The smallest absolute Gasteiger partial charge is 0.391 e. The number of aromatic nitrogens is 2. The van der Waals surface area contributed by atoms with Gasteiger partial charge in [-0.05, 0) is 117 Å². The summed E-state index contributed by atoms with van der Waals surface area (Å²) in [5.41, 5.74) is 3.86. The molecule has 380 valence electrons. The van der Waals surface area contributed by atoms with Crippen molar-refractivity contribution in [3.63, 3.8) is 0 Å². The van der Waals surface area contributed by atoms with Crippen LogP contribution in [0.15, 0.2) is 90.6 Å². The van der Waals surface area contributed by atoms with Crippen LogP contribution >= 0.6 is 23.6 Å². The van der Waals surface area contributed by atoms with Crippen LogP contribution in [-0.4, -0.2) is 79.0 Å². The molecule has 3 aromatic carbocycles. The lowest BCUT2D eigenvalue weighted by Gasteiger charge is -2.35. The average molecular weight is 1030 g/mol. The number of anilines is 2. The Morgan fingerprint density at radius 1 is 0.945 bits per heavy atom. The fourth-order valence-corrected chi connectivity index (χ4v) is 10.2. The highest BCUT2D eigenvalue weighted by Crippen LogP contribution is 2.42. The number of hydrogen-bond donors (Lipinski definition) is 3. The van der Waals surface area contributed by atoms with Gasteiger partial charge in [-0.3, -0.25) is 29.1 Å². The van der Waals surface area contributed by atoms with Crippen molar-refractivity contribution in [2.45, 2.75) is 123 Å². The van der Waals surface area contributed by atoms with E-state index in [2.05, 4.69) is 37.3 Å². The summed E-state index contributed by atoms with van der Waals surface area (Å²) in [5, 5.41) is 16.5. The van der Waals surface area contributed by atoms with Crippen LogP contribution in [0, 0.1) is 30.8 Å². The van der Waals surface area contributed by atoms with E-state index in [9.17, 15) is 37.5 Å². The van der Waals surface area contributed by atoms with Crippen molar-refractivity contribution in [1.29, 1.82) is 0 Å². The van der Waals surface area contributed by atoms with Crippen LogP contribution in [0.5, 0.6) is 0 Å². The molecule has 18 heteroatoms. The molecule has 0 aliphatic carbocycles. The number of aliphatic hydroxyl groups is 1. The van der Waals surface area contributed by atoms with E-state index in [4.69, 9.17) is 18.8 Å². The summed E-state index contributed by atoms with van der Waals surface area (Å²) in [5.74, 6) is 4.70. The van der Waals surface area contributed by atoms with Crippen LogP contribution in [-0.2, 0) is 38.3 Å². The Morgan fingerprint density at radius 3 is 2.25 bits per heavy atom. The van der Waals surface area contributed by atoms with Crippen LogP contribution in [0.2, 0.25) is 0 Å². The number of thiazole rings is 1. The second-order valence-corrected chi connectivity index (χ2v) is 21.0. The Morgan fingerprint density at radius 2 is 1.62 bits per heavy atom. The minimum atomic E-state index is -4.79. The summed E-state index contributed by atoms with van der Waals surface area (Å²) >= 11 is 7.22. The number of halogens is 3. The van der Waals surface area contributed by atoms with E-state index in [1.165, 1.54) is 11.0 Å². The largest absolute Gasteiger partial charge is 0.407 e. The van der Waals surface area contributed by atoms with Crippen molar-refractivity contribution in [2.24, 2.45) is 5.41 Å². The van der Waals surface area contributed by atoms with Crippen molar-refractivity contribution in [1.82, 2.24) is 25.5 Å². The van der Waals surface area contributed by atoms with Gasteiger partial charge < -0.3 is 25.5 Å². The molecular weight excluding hydrogens is 974 g/mol. The lowest BCUT2D eigenvalue weighted by molar-refractivity contribution is -0.144. The van der Waals surface area contributed by atoms with Gasteiger partial charge >= 0.3 is 6.18 Å². The fourth-order valence-electron chi connectivity index (χ4n) is 8.89. The summed E-state index contributed by atoms with van der Waals surface area (Å²) in [6.07, 6.45) is 0.281. The molecule has 4 amide bonds. The molecule has 2 aliphatic rings. The van der Waals surface area contributed by atoms with Crippen LogP contribution in [0.3, 0.4) is 0 Å². The number of unbranched alkanes of at least 4 members (excludes halogenated alkanes) is 3. The van der Waals surface area contributed by atoms with Crippen molar-refractivity contribution in [3.8, 4) is 22.3 Å². The van der Waals surface area contributed by atoms with Crippen LogP contribution in [0.25, 0.3) is 15.3 Å². The third kappa shape index (κ3) is 12.6. The Balaban J connectivity index is 0.846. The normalized spacial score (nSPS) is 17.0. The zero-order chi connectivity index (χ0) is 52.8. The number of pyridine rings is 1. The Labute approximate surface area is 433 Å². The van der Waals surface area contributed by atoms with E-state index in [0.29, 0.717) is 23.2 Å². The molecule has 7 rings (SSSR count). The summed E-state index contributed by atoms with van der Waals surface area (Å²) in [6.45, 7) is 18.2. The van der Waals surface area contributed by atoms with Crippen molar-refractivity contribution in [2.75, 3.05) is 16.3 Å². The molecule has 0 spiro atoms. The minimum absolute atomic E-state index is 0.00113. The number of thiocarbonyl (C=S) groups is 1. The third-order valence-electron chi connectivity index (χ3n) is 12.9. The van der Waals surface area contributed by atoms with Gasteiger partial charge in [-0.2, -0.15) is 13.2 Å². The molecule has 0 bridgehead atoms. The maximum Gasteiger partial charge on any atom is 0.407 e. The number of benzene rings is 3. The van der Waals surface area contributed by atoms with Gasteiger partial charge in [0, 0.05) is 60.3 Å². The molecule has 2 fully saturated rings. The first-order valence-electron chi connectivity index (χ1n) is 24.0. The van der Waals surface area contributed by atoms with E-state index >= 15 is 0 Å². The second-order valence-electron chi connectivity index (χ2n) is 19.8. The van der Waals surface area contributed by atoms with Gasteiger partial charge in [-0.1, -0.05) is 75.8 Å². The minimum Gasteiger partial charge on any atom is -0.391 e. The highest BCUT2D eigenvalue weighted by atomic mass is 32.1. The van der Waals surface area contributed by atoms with Gasteiger partial charge in [0.2, 0.25) is 17.7 Å². The number of carbonyl (C=O) groups is 4. The molecule has 3 N–H and O–H groups in total. The molecular formula is C55H57F3N8O5S2. The summed E-state index contributed by atoms with van der Waals surface area (Å²) < 4.78 is 41.3. The molecule has 0 unspecified atom stereocenters. The maximum absolute atomic E-state index is 14.0. The lowest BCUT2D eigenvalue weighted by Crippen LogP contribution is -2.57. The predicted molar refractivity (Wildman–Crippen MR) is 279 cm³/mol. The van der Waals surface area contributed by atoms with Gasteiger partial charge in [0.15, 0.2) is 10.8 Å². The van der Waals surface area contributed by atoms with Crippen molar-refractivity contribution >= 4 is 69.4 Å². The first-order valence-corrected chi connectivity index (χ1v) is 25.2. The summed E-state index contributed by atoms with van der Waals surface area (Å²) in [4.78, 5) is 71.4. The van der Waals surface area contributed by atoms with E-state index in [1.807, 2.05) is 69.6 Å². The number of carbonyl (C=O) groups excluding carboxylic acids is 4. The number of nitrogens with zero attached hydrogens (tertiary/aromatic N) is 6. The molecule has 2 saturated heterocycles. The van der Waals surface area contributed by atoms with Gasteiger partial charge in [0.1, 0.15) is 17.6 Å². The van der Waals surface area contributed by atoms with Gasteiger partial charge in [-0.15, -0.1) is 11.3 Å². The quantitative estimate of drug-likeness (QED) is 0.0403. The molecule has 2 aliphatic heterocycles. The molecule has 2 aromatic heterocycles. The number of nitrogens with one attached hydrogen (secondary N) is 2. The van der Waals surface area contributed by atoms with Crippen LogP contribution in [0.1, 0.15) is 107 Å². The van der Waals surface area contributed by atoms with Crippen LogP contribution < -0.4 is 20.4 Å². The molecule has 4 heterocycles. The monoisotopic (exact) mass is 1030 g/mol. The van der Waals surface area contributed by atoms with E-state index in [-0.39, 0.29) is 48.5 Å². The molecule has 13 nitrogen and oxygen atoms in total.